The van der Waals surface area contributed by atoms with E-state index in [1.54, 1.807) is 11.3 Å². The molecule has 1 aliphatic heterocycles. The monoisotopic (exact) mass is 272 g/mol. The Morgan fingerprint density at radius 3 is 2.83 bits per heavy atom. The summed E-state index contributed by atoms with van der Waals surface area (Å²) in [5.74, 6) is 0. The maximum absolute atomic E-state index is 5.52. The van der Waals surface area contributed by atoms with Crippen LogP contribution in [0, 0.1) is 0 Å². The number of hydrogen-bond acceptors (Lipinski definition) is 6. The summed E-state index contributed by atoms with van der Waals surface area (Å²) in [5, 5.41) is 2.94. The summed E-state index contributed by atoms with van der Waals surface area (Å²) >= 11 is 1.59. The molecule has 1 fully saturated rings. The fourth-order valence-electron chi connectivity index (χ4n) is 1.58. The van der Waals surface area contributed by atoms with Gasteiger partial charge in [0.25, 0.3) is 0 Å². The summed E-state index contributed by atoms with van der Waals surface area (Å²) in [7, 11) is 2.01. The number of likely N-dealkylation sites (N-methyl/N-ethyl adjacent to an activating group) is 1. The predicted octanol–water partition coefficient (Wildman–Crippen LogP) is 2.40. The molecule has 0 bridgehead atoms. The smallest absolute Gasteiger partial charge is 0.207 e. The second-order valence-electron chi connectivity index (χ2n) is 4.57. The molecule has 18 heavy (non-hydrogen) atoms. The number of thiazole rings is 1. The van der Waals surface area contributed by atoms with Crippen molar-refractivity contribution in [3.8, 4) is 0 Å². The van der Waals surface area contributed by atoms with Gasteiger partial charge < -0.3 is 19.1 Å². The second kappa shape index (κ2) is 5.97. The van der Waals surface area contributed by atoms with Crippen LogP contribution in [-0.2, 0) is 14.2 Å². The van der Waals surface area contributed by atoms with Crippen LogP contribution in [0.5, 0.6) is 0 Å². The molecule has 0 unspecified atom stereocenters. The third kappa shape index (κ3) is 3.41. The number of rotatable bonds is 6. The first-order valence-electron chi connectivity index (χ1n) is 6.15. The van der Waals surface area contributed by atoms with Crippen LogP contribution in [0.4, 0.5) is 5.13 Å². The number of hydrogen-bond donors (Lipinski definition) is 0. The molecule has 0 aliphatic carbocycles. The van der Waals surface area contributed by atoms with Crippen molar-refractivity contribution >= 4 is 16.5 Å². The highest BCUT2D eigenvalue weighted by atomic mass is 32.1. The van der Waals surface area contributed by atoms with Crippen molar-refractivity contribution in [3.63, 3.8) is 0 Å². The van der Waals surface area contributed by atoms with Gasteiger partial charge in [-0.15, -0.1) is 11.3 Å². The topological polar surface area (TPSA) is 43.8 Å². The quantitative estimate of drug-likeness (QED) is 0.795. The van der Waals surface area contributed by atoms with E-state index >= 15 is 0 Å². The lowest BCUT2D eigenvalue weighted by molar-refractivity contribution is -0.383. The standard InChI is InChI=1S/C12H20N2O3S/c1-8(2)15-6-5-14(4)12-13-10(7-18-12)11-16-9(3)17-11/h7-9,11H,5-6H2,1-4H3. The molecule has 1 saturated heterocycles. The Kier molecular flexibility index (Phi) is 4.55. The van der Waals surface area contributed by atoms with E-state index in [-0.39, 0.29) is 18.7 Å². The minimum absolute atomic E-state index is 0.114. The van der Waals surface area contributed by atoms with Gasteiger partial charge in [0.15, 0.2) is 11.4 Å². The van der Waals surface area contributed by atoms with E-state index in [1.807, 2.05) is 33.2 Å². The van der Waals surface area contributed by atoms with E-state index in [4.69, 9.17) is 14.2 Å². The molecule has 0 aromatic carbocycles. The lowest BCUT2D eigenvalue weighted by Gasteiger charge is -2.32. The molecule has 2 rings (SSSR count). The fourth-order valence-corrected chi connectivity index (χ4v) is 2.40. The van der Waals surface area contributed by atoms with Gasteiger partial charge in [0, 0.05) is 19.0 Å². The van der Waals surface area contributed by atoms with E-state index in [2.05, 4.69) is 9.88 Å². The number of aromatic nitrogens is 1. The lowest BCUT2D eigenvalue weighted by Crippen LogP contribution is -2.32. The molecule has 0 radical (unpaired) electrons. The Morgan fingerprint density at radius 1 is 1.50 bits per heavy atom. The summed E-state index contributed by atoms with van der Waals surface area (Å²) in [4.78, 5) is 6.59. The molecule has 102 valence electrons. The Labute approximate surface area is 112 Å². The van der Waals surface area contributed by atoms with Gasteiger partial charge >= 0.3 is 0 Å². The molecular formula is C12H20N2O3S. The predicted molar refractivity (Wildman–Crippen MR) is 70.8 cm³/mol. The Bertz CT molecular complexity index is 377. The maximum Gasteiger partial charge on any atom is 0.207 e. The first-order valence-corrected chi connectivity index (χ1v) is 7.03. The molecule has 2 heterocycles. The Morgan fingerprint density at radius 2 is 2.22 bits per heavy atom. The SMILES string of the molecule is CC(C)OCCN(C)c1nc(C2OC(C)O2)cs1. The molecule has 0 N–H and O–H groups in total. The van der Waals surface area contributed by atoms with Gasteiger partial charge in [-0.2, -0.15) is 0 Å². The summed E-state index contributed by atoms with van der Waals surface area (Å²) in [6.07, 6.45) is -0.133. The van der Waals surface area contributed by atoms with Crippen LogP contribution in [0.2, 0.25) is 0 Å². The Balaban J connectivity index is 1.81. The highest BCUT2D eigenvalue weighted by Crippen LogP contribution is 2.33. The second-order valence-corrected chi connectivity index (χ2v) is 5.40. The average Bonchev–Trinajstić information content (AvgIpc) is 2.73. The van der Waals surface area contributed by atoms with Crippen molar-refractivity contribution < 1.29 is 14.2 Å². The van der Waals surface area contributed by atoms with E-state index in [9.17, 15) is 0 Å². The van der Waals surface area contributed by atoms with Crippen molar-refractivity contribution in [3.05, 3.63) is 11.1 Å². The van der Waals surface area contributed by atoms with Crippen molar-refractivity contribution in [2.24, 2.45) is 0 Å². The lowest BCUT2D eigenvalue weighted by atomic mass is 10.4. The molecule has 0 atom stereocenters. The number of anilines is 1. The van der Waals surface area contributed by atoms with Gasteiger partial charge in [0.2, 0.25) is 6.29 Å². The normalized spacial score (nSPS) is 23.2. The molecular weight excluding hydrogens is 252 g/mol. The third-order valence-electron chi connectivity index (χ3n) is 2.59. The van der Waals surface area contributed by atoms with Gasteiger partial charge in [0.05, 0.1) is 12.7 Å². The summed E-state index contributed by atoms with van der Waals surface area (Å²) in [6, 6.07) is 0. The van der Waals surface area contributed by atoms with E-state index in [0.717, 1.165) is 17.4 Å². The van der Waals surface area contributed by atoms with Crippen molar-refractivity contribution in [1.29, 1.82) is 0 Å². The highest BCUT2D eigenvalue weighted by Gasteiger charge is 2.30. The van der Waals surface area contributed by atoms with Gasteiger partial charge in [-0.25, -0.2) is 4.98 Å². The molecule has 0 amide bonds. The Hall–Kier alpha value is -0.690. The molecule has 5 nitrogen and oxygen atoms in total. The average molecular weight is 272 g/mol. The van der Waals surface area contributed by atoms with Gasteiger partial charge in [-0.3, -0.25) is 0 Å². The third-order valence-corrected chi connectivity index (χ3v) is 3.56. The van der Waals surface area contributed by atoms with Crippen LogP contribution in [0.1, 0.15) is 32.8 Å². The maximum atomic E-state index is 5.52. The molecule has 1 aromatic rings. The van der Waals surface area contributed by atoms with Gasteiger partial charge in [-0.05, 0) is 20.8 Å². The highest BCUT2D eigenvalue weighted by molar-refractivity contribution is 7.13. The van der Waals surface area contributed by atoms with Gasteiger partial charge in [0.1, 0.15) is 5.69 Å². The van der Waals surface area contributed by atoms with Crippen LogP contribution in [0.25, 0.3) is 0 Å². The fraction of sp³-hybridized carbons (Fsp3) is 0.750. The summed E-state index contributed by atoms with van der Waals surface area (Å²) in [6.45, 7) is 7.48. The zero-order valence-electron chi connectivity index (χ0n) is 11.3. The first kappa shape index (κ1) is 13.7. The van der Waals surface area contributed by atoms with Crippen LogP contribution < -0.4 is 4.90 Å². The van der Waals surface area contributed by atoms with E-state index in [1.165, 1.54) is 0 Å². The largest absolute Gasteiger partial charge is 0.377 e. The number of nitrogens with zero attached hydrogens (tertiary/aromatic N) is 2. The minimum Gasteiger partial charge on any atom is -0.377 e. The first-order chi connectivity index (χ1) is 8.56. The minimum atomic E-state index is -0.287. The van der Waals surface area contributed by atoms with Crippen LogP contribution >= 0.6 is 11.3 Å². The van der Waals surface area contributed by atoms with E-state index < -0.39 is 0 Å². The van der Waals surface area contributed by atoms with Crippen molar-refractivity contribution in [1.82, 2.24) is 4.98 Å². The molecule has 6 heteroatoms. The zero-order chi connectivity index (χ0) is 13.1. The van der Waals surface area contributed by atoms with Gasteiger partial charge in [-0.1, -0.05) is 0 Å². The number of ether oxygens (including phenoxy) is 3. The zero-order valence-corrected chi connectivity index (χ0v) is 12.1. The van der Waals surface area contributed by atoms with E-state index in [0.29, 0.717) is 6.61 Å². The van der Waals surface area contributed by atoms with Crippen molar-refractivity contribution in [2.45, 2.75) is 39.5 Å². The molecule has 1 aliphatic rings. The van der Waals surface area contributed by atoms with Crippen LogP contribution in [0.15, 0.2) is 5.38 Å². The summed E-state index contributed by atoms with van der Waals surface area (Å²) in [5.41, 5.74) is 0.852. The molecule has 0 saturated carbocycles. The van der Waals surface area contributed by atoms with Crippen LogP contribution in [-0.4, -0.2) is 37.6 Å². The molecule has 1 aromatic heterocycles. The van der Waals surface area contributed by atoms with Crippen LogP contribution in [0.3, 0.4) is 0 Å². The summed E-state index contributed by atoms with van der Waals surface area (Å²) < 4.78 is 16.3. The van der Waals surface area contributed by atoms with Crippen molar-refractivity contribution in [2.75, 3.05) is 25.1 Å². The molecule has 0 spiro atoms.